The number of ether oxygens (including phenoxy) is 1. The minimum Gasteiger partial charge on any atom is -0.496 e. The molecule has 2 saturated carbocycles. The van der Waals surface area contributed by atoms with Gasteiger partial charge in [-0.2, -0.15) is 0 Å². The average Bonchev–Trinajstić information content (AvgIpc) is 2.98. The average molecular weight is 250 g/mol. The number of hydrazine groups is 1. The van der Waals surface area contributed by atoms with Gasteiger partial charge in [0.05, 0.1) is 13.2 Å². The molecule has 98 valence electrons. The molecule has 2 aliphatic rings. The Labute approximate surface area is 106 Å². The number of methoxy groups -OCH3 is 1. The highest BCUT2D eigenvalue weighted by Gasteiger charge is 2.48. The molecular weight excluding hydrogens is 231 g/mol. The molecular formula is C14H19FN2O. The van der Waals surface area contributed by atoms with Crippen molar-refractivity contribution in [1.29, 1.82) is 0 Å². The van der Waals surface area contributed by atoms with Gasteiger partial charge < -0.3 is 4.74 Å². The standard InChI is InChI=1S/C14H19FN2O/c1-18-13-3-2-11(15)7-12(13)14(17-16)10-5-8-4-9(8)6-10/h2-3,7-10,14,17H,4-6,16H2,1H3. The van der Waals surface area contributed by atoms with E-state index in [0.717, 1.165) is 17.4 Å². The molecule has 0 aliphatic heterocycles. The fourth-order valence-corrected chi connectivity index (χ4v) is 3.46. The van der Waals surface area contributed by atoms with Crippen molar-refractivity contribution in [1.82, 2.24) is 5.43 Å². The number of hydrogen-bond acceptors (Lipinski definition) is 3. The normalized spacial score (nSPS) is 30.9. The maximum atomic E-state index is 13.4. The highest BCUT2D eigenvalue weighted by molar-refractivity contribution is 5.37. The van der Waals surface area contributed by atoms with Crippen LogP contribution < -0.4 is 16.0 Å². The fourth-order valence-electron chi connectivity index (χ4n) is 3.46. The summed E-state index contributed by atoms with van der Waals surface area (Å²) in [6.45, 7) is 0. The third-order valence-corrected chi connectivity index (χ3v) is 4.46. The Hall–Kier alpha value is -1.13. The molecule has 18 heavy (non-hydrogen) atoms. The molecule has 3 unspecified atom stereocenters. The summed E-state index contributed by atoms with van der Waals surface area (Å²) in [6, 6.07) is 4.61. The first-order valence-electron chi connectivity index (χ1n) is 6.52. The van der Waals surface area contributed by atoms with E-state index in [1.807, 2.05) is 0 Å². The lowest BCUT2D eigenvalue weighted by molar-refractivity contribution is 0.328. The van der Waals surface area contributed by atoms with Crippen molar-refractivity contribution in [2.24, 2.45) is 23.6 Å². The summed E-state index contributed by atoms with van der Waals surface area (Å²) in [6.07, 6.45) is 3.76. The Morgan fingerprint density at radius 3 is 2.67 bits per heavy atom. The molecule has 3 rings (SSSR count). The van der Waals surface area contributed by atoms with Crippen LogP contribution in [0.1, 0.15) is 30.9 Å². The lowest BCUT2D eigenvalue weighted by Gasteiger charge is -2.26. The van der Waals surface area contributed by atoms with E-state index in [-0.39, 0.29) is 11.9 Å². The van der Waals surface area contributed by atoms with Crippen LogP contribution in [0.5, 0.6) is 5.75 Å². The number of benzene rings is 1. The van der Waals surface area contributed by atoms with Crippen LogP contribution in [0.25, 0.3) is 0 Å². The zero-order chi connectivity index (χ0) is 12.7. The molecule has 1 aromatic rings. The topological polar surface area (TPSA) is 47.3 Å². The monoisotopic (exact) mass is 250 g/mol. The summed E-state index contributed by atoms with van der Waals surface area (Å²) in [5.41, 5.74) is 3.70. The lowest BCUT2D eigenvalue weighted by Crippen LogP contribution is -2.33. The number of fused-ring (bicyclic) bond motifs is 1. The molecule has 0 heterocycles. The Balaban J connectivity index is 1.88. The summed E-state index contributed by atoms with van der Waals surface area (Å²) < 4.78 is 18.7. The molecule has 0 saturated heterocycles. The quantitative estimate of drug-likeness (QED) is 0.637. The zero-order valence-corrected chi connectivity index (χ0v) is 10.5. The van der Waals surface area contributed by atoms with Crippen molar-refractivity contribution in [3.8, 4) is 5.75 Å². The predicted octanol–water partition coefficient (Wildman–Crippen LogP) is 2.38. The number of halogens is 1. The van der Waals surface area contributed by atoms with E-state index in [1.165, 1.54) is 31.4 Å². The molecule has 0 spiro atoms. The van der Waals surface area contributed by atoms with Gasteiger partial charge in [-0.15, -0.1) is 0 Å². The van der Waals surface area contributed by atoms with E-state index in [0.29, 0.717) is 11.7 Å². The molecule has 0 amide bonds. The van der Waals surface area contributed by atoms with Crippen molar-refractivity contribution < 1.29 is 9.13 Å². The smallest absolute Gasteiger partial charge is 0.123 e. The number of hydrogen-bond donors (Lipinski definition) is 2. The van der Waals surface area contributed by atoms with Gasteiger partial charge in [-0.05, 0) is 55.2 Å². The Kier molecular flexibility index (Phi) is 2.99. The van der Waals surface area contributed by atoms with E-state index in [2.05, 4.69) is 5.43 Å². The summed E-state index contributed by atoms with van der Waals surface area (Å²) >= 11 is 0. The molecule has 0 bridgehead atoms. The van der Waals surface area contributed by atoms with Crippen LogP contribution in [0.2, 0.25) is 0 Å². The molecule has 3 atom stereocenters. The fraction of sp³-hybridized carbons (Fsp3) is 0.571. The molecule has 2 fully saturated rings. The van der Waals surface area contributed by atoms with Gasteiger partial charge in [-0.1, -0.05) is 0 Å². The van der Waals surface area contributed by atoms with E-state index in [4.69, 9.17) is 10.6 Å². The van der Waals surface area contributed by atoms with Crippen molar-refractivity contribution in [2.45, 2.75) is 25.3 Å². The van der Waals surface area contributed by atoms with Gasteiger partial charge in [0.1, 0.15) is 11.6 Å². The molecule has 2 aliphatic carbocycles. The van der Waals surface area contributed by atoms with Crippen LogP contribution in [0.3, 0.4) is 0 Å². The zero-order valence-electron chi connectivity index (χ0n) is 10.5. The molecule has 1 aromatic carbocycles. The molecule has 0 radical (unpaired) electrons. The Morgan fingerprint density at radius 1 is 1.33 bits per heavy atom. The van der Waals surface area contributed by atoms with Gasteiger partial charge in [0, 0.05) is 5.56 Å². The van der Waals surface area contributed by atoms with E-state index < -0.39 is 0 Å². The minimum atomic E-state index is -0.241. The van der Waals surface area contributed by atoms with Gasteiger partial charge in [-0.3, -0.25) is 11.3 Å². The lowest BCUT2D eigenvalue weighted by atomic mass is 9.89. The summed E-state index contributed by atoms with van der Waals surface area (Å²) in [7, 11) is 1.61. The second-order valence-electron chi connectivity index (χ2n) is 5.52. The number of rotatable bonds is 4. The van der Waals surface area contributed by atoms with Crippen LogP contribution in [-0.2, 0) is 0 Å². The largest absolute Gasteiger partial charge is 0.496 e. The Bertz CT molecular complexity index is 441. The second-order valence-corrected chi connectivity index (χ2v) is 5.52. The van der Waals surface area contributed by atoms with E-state index in [1.54, 1.807) is 13.2 Å². The highest BCUT2D eigenvalue weighted by atomic mass is 19.1. The first-order valence-corrected chi connectivity index (χ1v) is 6.52. The number of nitrogens with one attached hydrogen (secondary N) is 1. The maximum absolute atomic E-state index is 13.4. The molecule has 3 nitrogen and oxygen atoms in total. The van der Waals surface area contributed by atoms with Crippen LogP contribution in [0.15, 0.2) is 18.2 Å². The van der Waals surface area contributed by atoms with Gasteiger partial charge in [0.25, 0.3) is 0 Å². The van der Waals surface area contributed by atoms with E-state index in [9.17, 15) is 4.39 Å². The Morgan fingerprint density at radius 2 is 2.06 bits per heavy atom. The van der Waals surface area contributed by atoms with Crippen molar-refractivity contribution in [2.75, 3.05) is 7.11 Å². The van der Waals surface area contributed by atoms with Gasteiger partial charge >= 0.3 is 0 Å². The summed E-state index contributed by atoms with van der Waals surface area (Å²) in [4.78, 5) is 0. The van der Waals surface area contributed by atoms with Crippen LogP contribution in [0, 0.1) is 23.6 Å². The SMILES string of the molecule is COc1ccc(F)cc1C(NN)C1CC2CC2C1. The van der Waals surface area contributed by atoms with Gasteiger partial charge in [-0.25, -0.2) is 4.39 Å². The molecule has 4 heteroatoms. The highest BCUT2D eigenvalue weighted by Crippen LogP contribution is 2.57. The molecule has 3 N–H and O–H groups in total. The van der Waals surface area contributed by atoms with Gasteiger partial charge in [0.2, 0.25) is 0 Å². The van der Waals surface area contributed by atoms with Crippen molar-refractivity contribution in [3.63, 3.8) is 0 Å². The van der Waals surface area contributed by atoms with Gasteiger partial charge in [0.15, 0.2) is 0 Å². The first kappa shape index (κ1) is 11.9. The molecule has 0 aromatic heterocycles. The second kappa shape index (κ2) is 4.52. The third kappa shape index (κ3) is 1.99. The summed E-state index contributed by atoms with van der Waals surface area (Å²) in [5.74, 6) is 8.41. The minimum absolute atomic E-state index is 0.0107. The van der Waals surface area contributed by atoms with Crippen molar-refractivity contribution >= 4 is 0 Å². The van der Waals surface area contributed by atoms with Crippen LogP contribution in [0.4, 0.5) is 4.39 Å². The maximum Gasteiger partial charge on any atom is 0.123 e. The first-order chi connectivity index (χ1) is 8.72. The van der Waals surface area contributed by atoms with E-state index >= 15 is 0 Å². The van der Waals surface area contributed by atoms with Crippen LogP contribution >= 0.6 is 0 Å². The number of nitrogens with two attached hydrogens (primary N) is 1. The predicted molar refractivity (Wildman–Crippen MR) is 67.3 cm³/mol. The van der Waals surface area contributed by atoms with Crippen molar-refractivity contribution in [3.05, 3.63) is 29.6 Å². The third-order valence-electron chi connectivity index (χ3n) is 4.46. The van der Waals surface area contributed by atoms with Crippen LogP contribution in [-0.4, -0.2) is 7.11 Å². The summed E-state index contributed by atoms with van der Waals surface area (Å²) in [5, 5.41) is 0.